The fourth-order valence-corrected chi connectivity index (χ4v) is 4.93. The number of fused-ring (bicyclic) bond motifs is 1. The number of aryl methyl sites for hydroxylation is 2. The smallest absolute Gasteiger partial charge is 0.349 e. The lowest BCUT2D eigenvalue weighted by molar-refractivity contribution is -0.136. The zero-order chi connectivity index (χ0) is 24.2. The van der Waals surface area contributed by atoms with E-state index in [0.29, 0.717) is 11.1 Å². The molecule has 0 aliphatic heterocycles. The van der Waals surface area contributed by atoms with Gasteiger partial charge in [-0.05, 0) is 68.1 Å². The number of esters is 1. The highest BCUT2D eigenvalue weighted by atomic mass is 79.9. The minimum atomic E-state index is -0.728. The number of halogens is 1. The van der Waals surface area contributed by atoms with E-state index in [-0.39, 0.29) is 29.5 Å². The first-order valence-corrected chi connectivity index (χ1v) is 12.1. The molecule has 8 heteroatoms. The van der Waals surface area contributed by atoms with Crippen LogP contribution in [0.15, 0.2) is 50.1 Å². The topological polar surface area (TPSA) is 94.8 Å². The van der Waals surface area contributed by atoms with E-state index in [1.807, 2.05) is 26.0 Å². The molecule has 0 spiro atoms. The molecule has 0 saturated heterocycles. The Kier molecular flexibility index (Phi) is 7.36. The standard InChI is InChI=1S/C26H26BrNO6/c1-15-10-18(27)11-16(2)24(15)32-14-23(29)33-20-9-8-17-12-21(26(31)34-22(17)13-20)25(30)28-19-6-4-3-5-7-19/h8-13,19H,3-7,14H2,1-2H3,(H,28,30). The van der Waals surface area contributed by atoms with Crippen molar-refractivity contribution in [1.82, 2.24) is 5.32 Å². The Morgan fingerprint density at radius 3 is 2.47 bits per heavy atom. The van der Waals surface area contributed by atoms with Gasteiger partial charge in [-0.2, -0.15) is 0 Å². The third kappa shape index (κ3) is 5.67. The number of hydrogen-bond donors (Lipinski definition) is 1. The Morgan fingerprint density at radius 2 is 1.76 bits per heavy atom. The van der Waals surface area contributed by atoms with Crippen molar-refractivity contribution in [3.8, 4) is 11.5 Å². The second-order valence-corrected chi connectivity index (χ2v) is 9.50. The number of rotatable bonds is 6. The molecule has 2 aromatic carbocycles. The first-order valence-electron chi connectivity index (χ1n) is 11.3. The van der Waals surface area contributed by atoms with Crippen LogP contribution in [0.3, 0.4) is 0 Å². The third-order valence-electron chi connectivity index (χ3n) is 5.88. The maximum absolute atomic E-state index is 12.6. The predicted molar refractivity (Wildman–Crippen MR) is 132 cm³/mol. The van der Waals surface area contributed by atoms with Crippen molar-refractivity contribution in [2.24, 2.45) is 0 Å². The number of nitrogens with one attached hydrogen (secondary N) is 1. The van der Waals surface area contributed by atoms with Crippen molar-refractivity contribution in [1.29, 1.82) is 0 Å². The van der Waals surface area contributed by atoms with Gasteiger partial charge in [0.25, 0.3) is 5.91 Å². The summed E-state index contributed by atoms with van der Waals surface area (Å²) in [6.07, 6.45) is 5.17. The summed E-state index contributed by atoms with van der Waals surface area (Å²) >= 11 is 3.43. The zero-order valence-corrected chi connectivity index (χ0v) is 20.7. The summed E-state index contributed by atoms with van der Waals surface area (Å²) in [5, 5.41) is 3.49. The molecule has 0 unspecified atom stereocenters. The average molecular weight is 528 g/mol. The van der Waals surface area contributed by atoms with Crippen molar-refractivity contribution < 1.29 is 23.5 Å². The van der Waals surface area contributed by atoms with Crippen molar-refractivity contribution >= 4 is 38.8 Å². The van der Waals surface area contributed by atoms with Crippen molar-refractivity contribution in [2.45, 2.75) is 52.0 Å². The Bertz CT molecular complexity index is 1270. The van der Waals surface area contributed by atoms with E-state index in [2.05, 4.69) is 21.2 Å². The molecule has 1 aliphatic carbocycles. The highest BCUT2D eigenvalue weighted by Crippen LogP contribution is 2.27. The molecule has 1 N–H and O–H groups in total. The molecule has 34 heavy (non-hydrogen) atoms. The summed E-state index contributed by atoms with van der Waals surface area (Å²) in [5.74, 6) is -0.169. The monoisotopic (exact) mass is 527 g/mol. The van der Waals surface area contributed by atoms with Gasteiger partial charge in [-0.15, -0.1) is 0 Å². The van der Waals surface area contributed by atoms with Crippen LogP contribution in [0.1, 0.15) is 53.6 Å². The van der Waals surface area contributed by atoms with Crippen molar-refractivity contribution in [3.05, 3.63) is 68.0 Å². The Hall–Kier alpha value is -3.13. The van der Waals surface area contributed by atoms with Crippen LogP contribution in [0, 0.1) is 13.8 Å². The van der Waals surface area contributed by atoms with E-state index in [4.69, 9.17) is 13.9 Å². The largest absolute Gasteiger partial charge is 0.481 e. The second-order valence-electron chi connectivity index (χ2n) is 8.59. The Morgan fingerprint density at radius 1 is 1.06 bits per heavy atom. The first-order chi connectivity index (χ1) is 16.3. The first kappa shape index (κ1) is 24.0. The predicted octanol–water partition coefficient (Wildman–Crippen LogP) is 5.22. The van der Waals surface area contributed by atoms with Gasteiger partial charge in [-0.1, -0.05) is 35.2 Å². The fourth-order valence-electron chi connectivity index (χ4n) is 4.24. The SMILES string of the molecule is Cc1cc(Br)cc(C)c1OCC(=O)Oc1ccc2cc(C(=O)NC3CCCCC3)c(=O)oc2c1. The van der Waals surface area contributed by atoms with E-state index >= 15 is 0 Å². The van der Waals surface area contributed by atoms with E-state index < -0.39 is 17.5 Å². The summed E-state index contributed by atoms with van der Waals surface area (Å²) in [5.41, 5.74) is 1.27. The number of amides is 1. The Labute approximate surface area is 205 Å². The minimum Gasteiger partial charge on any atom is -0.481 e. The summed E-state index contributed by atoms with van der Waals surface area (Å²) in [6.45, 7) is 3.52. The molecule has 1 aromatic heterocycles. The lowest BCUT2D eigenvalue weighted by Gasteiger charge is -2.22. The van der Waals surface area contributed by atoms with Crippen LogP contribution in [-0.2, 0) is 4.79 Å². The summed E-state index contributed by atoms with van der Waals surface area (Å²) in [4.78, 5) is 37.3. The van der Waals surface area contributed by atoms with Crippen LogP contribution in [0.2, 0.25) is 0 Å². The van der Waals surface area contributed by atoms with Gasteiger partial charge in [0, 0.05) is 22.0 Å². The van der Waals surface area contributed by atoms with Gasteiger partial charge in [-0.3, -0.25) is 4.79 Å². The van der Waals surface area contributed by atoms with Gasteiger partial charge in [0.1, 0.15) is 22.6 Å². The number of hydrogen-bond acceptors (Lipinski definition) is 6. The van der Waals surface area contributed by atoms with E-state index in [0.717, 1.165) is 41.3 Å². The van der Waals surface area contributed by atoms with Gasteiger partial charge in [0.05, 0.1) is 0 Å². The highest BCUT2D eigenvalue weighted by molar-refractivity contribution is 9.10. The van der Waals surface area contributed by atoms with Crippen LogP contribution in [0.4, 0.5) is 0 Å². The quantitative estimate of drug-likeness (QED) is 0.268. The van der Waals surface area contributed by atoms with Crippen molar-refractivity contribution in [2.75, 3.05) is 6.61 Å². The van der Waals surface area contributed by atoms with Crippen LogP contribution >= 0.6 is 15.9 Å². The molecular weight excluding hydrogens is 502 g/mol. The number of carbonyl (C=O) groups excluding carboxylic acids is 2. The van der Waals surface area contributed by atoms with E-state index in [1.165, 1.54) is 18.6 Å². The number of ether oxygens (including phenoxy) is 2. The summed E-state index contributed by atoms with van der Waals surface area (Å²) in [6, 6.07) is 10.1. The maximum atomic E-state index is 12.6. The molecule has 3 aromatic rings. The van der Waals surface area contributed by atoms with Gasteiger partial charge in [-0.25, -0.2) is 9.59 Å². The maximum Gasteiger partial charge on any atom is 0.349 e. The van der Waals surface area contributed by atoms with Crippen molar-refractivity contribution in [3.63, 3.8) is 0 Å². The molecule has 0 bridgehead atoms. The molecule has 1 heterocycles. The van der Waals surface area contributed by atoms with Crippen LogP contribution in [-0.4, -0.2) is 24.5 Å². The lowest BCUT2D eigenvalue weighted by Crippen LogP contribution is -2.38. The molecule has 1 saturated carbocycles. The molecular formula is C26H26BrNO6. The van der Waals surface area contributed by atoms with Crippen LogP contribution in [0.25, 0.3) is 11.0 Å². The molecule has 7 nitrogen and oxygen atoms in total. The fraction of sp³-hybridized carbons (Fsp3) is 0.346. The van der Waals surface area contributed by atoms with Crippen LogP contribution in [0.5, 0.6) is 11.5 Å². The second kappa shape index (κ2) is 10.4. The van der Waals surface area contributed by atoms with Gasteiger partial charge < -0.3 is 19.2 Å². The molecule has 178 valence electrons. The molecule has 1 fully saturated rings. The molecule has 0 atom stereocenters. The summed E-state index contributed by atoms with van der Waals surface area (Å²) in [7, 11) is 0. The number of benzene rings is 2. The molecule has 0 radical (unpaired) electrons. The Balaban J connectivity index is 1.43. The van der Waals surface area contributed by atoms with Gasteiger partial charge in [0.15, 0.2) is 6.61 Å². The van der Waals surface area contributed by atoms with Gasteiger partial charge >= 0.3 is 11.6 Å². The van der Waals surface area contributed by atoms with E-state index in [1.54, 1.807) is 12.1 Å². The molecule has 1 aliphatic rings. The lowest BCUT2D eigenvalue weighted by atomic mass is 9.95. The minimum absolute atomic E-state index is 0.0311. The van der Waals surface area contributed by atoms with Gasteiger partial charge in [0.2, 0.25) is 0 Å². The molecule has 4 rings (SSSR count). The number of carbonyl (C=O) groups is 2. The summed E-state index contributed by atoms with van der Waals surface area (Å²) < 4.78 is 17.3. The van der Waals surface area contributed by atoms with Crippen LogP contribution < -0.4 is 20.4 Å². The average Bonchev–Trinajstić information content (AvgIpc) is 2.78. The molecule has 1 amide bonds. The van der Waals surface area contributed by atoms with E-state index in [9.17, 15) is 14.4 Å². The zero-order valence-electron chi connectivity index (χ0n) is 19.1. The highest BCUT2D eigenvalue weighted by Gasteiger charge is 2.20. The third-order valence-corrected chi connectivity index (χ3v) is 6.34. The normalized spacial score (nSPS) is 14.1.